The van der Waals surface area contributed by atoms with Crippen molar-refractivity contribution in [2.45, 2.75) is 46.1 Å². The fraction of sp³-hybridized carbons (Fsp3) is 0.923. The molecule has 0 heterocycles. The van der Waals surface area contributed by atoms with Gasteiger partial charge in [0.2, 0.25) is 0 Å². The minimum atomic E-state index is -1.83. The van der Waals surface area contributed by atoms with Crippen LogP contribution in [0.25, 0.3) is 0 Å². The van der Waals surface area contributed by atoms with Gasteiger partial charge in [0.15, 0.2) is 0 Å². The maximum absolute atomic E-state index is 9.71. The largest absolute Gasteiger partial charge is 0.503 e. The molecule has 1 aliphatic carbocycles. The van der Waals surface area contributed by atoms with Crippen LogP contribution in [0.15, 0.2) is 0 Å². The second kappa shape index (κ2) is 12.2. The molecule has 6 nitrogen and oxygen atoms in total. The van der Waals surface area contributed by atoms with E-state index in [4.69, 9.17) is 25.2 Å². The molecule has 5 N–H and O–H groups in total. The van der Waals surface area contributed by atoms with Crippen molar-refractivity contribution in [3.8, 4) is 0 Å². The first-order valence-corrected chi connectivity index (χ1v) is 6.57. The number of carbonyl (C=O) groups is 1. The second-order valence-corrected chi connectivity index (χ2v) is 5.12. The van der Waals surface area contributed by atoms with Gasteiger partial charge in [-0.2, -0.15) is 0 Å². The SMILES string of the molecule is CC(C)[C@@H]1CC[C@@H](C)C[C@H]1O.O=C(O)O.OCCO. The third-order valence-corrected chi connectivity index (χ3v) is 3.09. The third-order valence-electron chi connectivity index (χ3n) is 3.09. The van der Waals surface area contributed by atoms with Gasteiger partial charge in [0.05, 0.1) is 19.3 Å². The minimum Gasteiger partial charge on any atom is -0.450 e. The maximum Gasteiger partial charge on any atom is 0.503 e. The molecule has 0 amide bonds. The van der Waals surface area contributed by atoms with Crippen LogP contribution in [0, 0.1) is 17.8 Å². The van der Waals surface area contributed by atoms with Crippen molar-refractivity contribution >= 4 is 6.16 Å². The van der Waals surface area contributed by atoms with E-state index in [-0.39, 0.29) is 19.3 Å². The van der Waals surface area contributed by atoms with Gasteiger partial charge in [-0.25, -0.2) is 4.79 Å². The zero-order valence-electron chi connectivity index (χ0n) is 12.0. The van der Waals surface area contributed by atoms with E-state index < -0.39 is 6.16 Å². The molecular weight excluding hydrogens is 252 g/mol. The molecule has 1 aliphatic rings. The van der Waals surface area contributed by atoms with E-state index in [1.165, 1.54) is 12.8 Å². The molecule has 0 aromatic heterocycles. The summed E-state index contributed by atoms with van der Waals surface area (Å²) in [6.07, 6.45) is 1.68. The van der Waals surface area contributed by atoms with Crippen LogP contribution in [0.2, 0.25) is 0 Å². The Balaban J connectivity index is 0. The van der Waals surface area contributed by atoms with Gasteiger partial charge in [0, 0.05) is 0 Å². The van der Waals surface area contributed by atoms with Crippen molar-refractivity contribution in [3.63, 3.8) is 0 Å². The van der Waals surface area contributed by atoms with Gasteiger partial charge >= 0.3 is 6.16 Å². The van der Waals surface area contributed by atoms with E-state index in [1.54, 1.807) is 0 Å². The summed E-state index contributed by atoms with van der Waals surface area (Å²) in [5, 5.41) is 38.9. The topological polar surface area (TPSA) is 118 Å². The summed E-state index contributed by atoms with van der Waals surface area (Å²) < 4.78 is 0. The molecule has 0 aliphatic heterocycles. The molecule has 0 bridgehead atoms. The van der Waals surface area contributed by atoms with Crippen molar-refractivity contribution in [2.24, 2.45) is 17.8 Å². The standard InChI is InChI=1S/C10H20O.C2H6O2.CH2O3/c1-7(2)9-5-4-8(3)6-10(9)11;3-1-2-4;2-1(3)4/h7-11H,4-6H2,1-3H3;3-4H,1-2H2;(H2,2,3,4)/t8-,9+,10-;;/m1../s1. The summed E-state index contributed by atoms with van der Waals surface area (Å²) in [6, 6.07) is 0. The summed E-state index contributed by atoms with van der Waals surface area (Å²) in [5.74, 6) is 1.95. The Morgan fingerprint density at radius 1 is 1.16 bits per heavy atom. The van der Waals surface area contributed by atoms with Crippen LogP contribution in [-0.4, -0.2) is 51.0 Å². The molecule has 0 aromatic carbocycles. The van der Waals surface area contributed by atoms with Crippen LogP contribution in [-0.2, 0) is 0 Å². The Morgan fingerprint density at radius 3 is 1.84 bits per heavy atom. The molecule has 0 saturated heterocycles. The average molecular weight is 280 g/mol. The zero-order chi connectivity index (χ0) is 15.4. The number of aliphatic hydroxyl groups is 3. The monoisotopic (exact) mass is 280 g/mol. The van der Waals surface area contributed by atoms with E-state index in [2.05, 4.69) is 20.8 Å². The first-order chi connectivity index (χ1) is 8.76. The first-order valence-electron chi connectivity index (χ1n) is 6.57. The van der Waals surface area contributed by atoms with Crippen molar-refractivity contribution in [3.05, 3.63) is 0 Å². The highest BCUT2D eigenvalue weighted by molar-refractivity contribution is 5.53. The highest BCUT2D eigenvalue weighted by Gasteiger charge is 2.28. The lowest BCUT2D eigenvalue weighted by Gasteiger charge is -2.33. The molecule has 0 aromatic rings. The molecule has 6 heteroatoms. The summed E-state index contributed by atoms with van der Waals surface area (Å²) >= 11 is 0. The molecule has 1 rings (SSSR count). The zero-order valence-corrected chi connectivity index (χ0v) is 12.0. The highest BCUT2D eigenvalue weighted by atomic mass is 16.6. The Kier molecular flexibility index (Phi) is 13.1. The van der Waals surface area contributed by atoms with Gasteiger partial charge in [-0.05, 0) is 30.6 Å². The molecule has 1 fully saturated rings. The average Bonchev–Trinajstić information content (AvgIpc) is 2.28. The first kappa shape index (κ1) is 20.5. The Hall–Kier alpha value is -0.850. The van der Waals surface area contributed by atoms with Gasteiger partial charge in [-0.1, -0.05) is 27.2 Å². The quantitative estimate of drug-likeness (QED) is 0.524. The number of carboxylic acid groups (broad SMARTS) is 2. The summed E-state index contributed by atoms with van der Waals surface area (Å²) in [4.78, 5) is 8.56. The van der Waals surface area contributed by atoms with Crippen molar-refractivity contribution < 1.29 is 30.3 Å². The van der Waals surface area contributed by atoms with Crippen molar-refractivity contribution in [2.75, 3.05) is 13.2 Å². The van der Waals surface area contributed by atoms with Gasteiger partial charge in [-0.3, -0.25) is 0 Å². The lowest BCUT2D eigenvalue weighted by Crippen LogP contribution is -2.31. The van der Waals surface area contributed by atoms with Gasteiger partial charge in [0.1, 0.15) is 0 Å². The lowest BCUT2D eigenvalue weighted by molar-refractivity contribution is 0.0266. The van der Waals surface area contributed by atoms with Crippen LogP contribution >= 0.6 is 0 Å². The number of hydrogen-bond acceptors (Lipinski definition) is 4. The van der Waals surface area contributed by atoms with Crippen molar-refractivity contribution in [1.29, 1.82) is 0 Å². The van der Waals surface area contributed by atoms with Crippen LogP contribution < -0.4 is 0 Å². The summed E-state index contributed by atoms with van der Waals surface area (Å²) in [5.41, 5.74) is 0. The summed E-state index contributed by atoms with van der Waals surface area (Å²) in [6.45, 7) is 6.41. The Bertz CT molecular complexity index is 213. The molecular formula is C13H28O6. The lowest BCUT2D eigenvalue weighted by atomic mass is 9.75. The molecule has 0 radical (unpaired) electrons. The molecule has 1 saturated carbocycles. The van der Waals surface area contributed by atoms with E-state index >= 15 is 0 Å². The summed E-state index contributed by atoms with van der Waals surface area (Å²) in [7, 11) is 0. The fourth-order valence-electron chi connectivity index (χ4n) is 2.15. The van der Waals surface area contributed by atoms with E-state index in [1.807, 2.05) is 0 Å². The Morgan fingerprint density at radius 2 is 1.58 bits per heavy atom. The molecule has 0 spiro atoms. The molecule has 19 heavy (non-hydrogen) atoms. The van der Waals surface area contributed by atoms with Gasteiger partial charge in [0.25, 0.3) is 0 Å². The fourth-order valence-corrected chi connectivity index (χ4v) is 2.15. The van der Waals surface area contributed by atoms with E-state index in [9.17, 15) is 5.11 Å². The van der Waals surface area contributed by atoms with Crippen LogP contribution in [0.1, 0.15) is 40.0 Å². The van der Waals surface area contributed by atoms with E-state index in [0.29, 0.717) is 11.8 Å². The number of rotatable bonds is 2. The second-order valence-electron chi connectivity index (χ2n) is 5.12. The minimum absolute atomic E-state index is 0.0289. The molecule has 116 valence electrons. The van der Waals surface area contributed by atoms with E-state index in [0.717, 1.165) is 12.3 Å². The van der Waals surface area contributed by atoms with Gasteiger partial charge < -0.3 is 25.5 Å². The number of aliphatic hydroxyl groups excluding tert-OH is 3. The van der Waals surface area contributed by atoms with Gasteiger partial charge in [-0.15, -0.1) is 0 Å². The normalized spacial score (nSPS) is 25.7. The van der Waals surface area contributed by atoms with Crippen LogP contribution in [0.3, 0.4) is 0 Å². The third kappa shape index (κ3) is 13.4. The van der Waals surface area contributed by atoms with Crippen LogP contribution in [0.4, 0.5) is 4.79 Å². The van der Waals surface area contributed by atoms with Crippen LogP contribution in [0.5, 0.6) is 0 Å². The molecule has 0 unspecified atom stereocenters. The Labute approximate surface area is 114 Å². The smallest absolute Gasteiger partial charge is 0.450 e. The molecule has 3 atom stereocenters. The predicted octanol–water partition coefficient (Wildman–Crippen LogP) is 1.63. The highest BCUT2D eigenvalue weighted by Crippen LogP contribution is 2.33. The number of hydrogen-bond donors (Lipinski definition) is 5. The maximum atomic E-state index is 9.71. The van der Waals surface area contributed by atoms with Crippen molar-refractivity contribution in [1.82, 2.24) is 0 Å². The predicted molar refractivity (Wildman–Crippen MR) is 72.2 cm³/mol.